The summed E-state index contributed by atoms with van der Waals surface area (Å²) in [5, 5.41) is 0.516. The Bertz CT molecular complexity index is 460. The van der Waals surface area contributed by atoms with Crippen molar-refractivity contribution in [1.29, 1.82) is 0 Å². The second kappa shape index (κ2) is 7.14. The zero-order valence-electron chi connectivity index (χ0n) is 11.4. The molecule has 4 nitrogen and oxygen atoms in total. The van der Waals surface area contributed by atoms with E-state index >= 15 is 0 Å². The molecule has 0 unspecified atom stereocenters. The van der Waals surface area contributed by atoms with Gasteiger partial charge in [-0.3, -0.25) is 9.59 Å². The predicted octanol–water partition coefficient (Wildman–Crippen LogP) is 2.75. The van der Waals surface area contributed by atoms with Crippen LogP contribution in [0.2, 0.25) is 5.02 Å². The first-order valence-electron chi connectivity index (χ1n) is 6.09. The minimum atomic E-state index is -0.329. The molecule has 0 fully saturated rings. The molecule has 0 aliphatic rings. The van der Waals surface area contributed by atoms with Crippen LogP contribution in [0.1, 0.15) is 30.6 Å². The summed E-state index contributed by atoms with van der Waals surface area (Å²) >= 11 is 5.88. The molecule has 1 amide bonds. The topological polar surface area (TPSA) is 46.6 Å². The van der Waals surface area contributed by atoms with E-state index in [9.17, 15) is 9.59 Å². The average Bonchev–Trinajstić information content (AvgIpc) is 2.38. The van der Waals surface area contributed by atoms with Crippen LogP contribution < -0.4 is 0 Å². The lowest BCUT2D eigenvalue weighted by molar-refractivity contribution is -0.140. The molecule has 0 saturated carbocycles. The van der Waals surface area contributed by atoms with Crippen LogP contribution in [0, 0.1) is 0 Å². The van der Waals surface area contributed by atoms with Gasteiger partial charge in [-0.05, 0) is 32.0 Å². The second-order valence-electron chi connectivity index (χ2n) is 4.43. The van der Waals surface area contributed by atoms with Crippen LogP contribution in [0.25, 0.3) is 0 Å². The summed E-state index contributed by atoms with van der Waals surface area (Å²) in [5.74, 6) is -0.467. The molecule has 0 aromatic heterocycles. The number of hydrogen-bond acceptors (Lipinski definition) is 3. The lowest BCUT2D eigenvalue weighted by Crippen LogP contribution is -2.38. The fourth-order valence-electron chi connectivity index (χ4n) is 1.70. The van der Waals surface area contributed by atoms with Crippen molar-refractivity contribution >= 4 is 23.5 Å². The number of carbonyl (C=O) groups excluding carboxylic acids is 2. The van der Waals surface area contributed by atoms with Gasteiger partial charge < -0.3 is 9.64 Å². The van der Waals surface area contributed by atoms with Crippen molar-refractivity contribution < 1.29 is 14.3 Å². The number of ether oxygens (including phenoxy) is 1. The number of nitrogens with zero attached hydrogens (tertiary/aromatic N) is 1. The number of halogens is 1. The molecule has 1 aromatic rings. The standard InChI is InChI=1S/C14H18ClNO3/c1-10(2)16(8-7-13(17)19-3)14(18)11-5-4-6-12(15)9-11/h4-6,9-10H,7-8H2,1-3H3. The zero-order chi connectivity index (χ0) is 14.4. The van der Waals surface area contributed by atoms with Crippen molar-refractivity contribution in [1.82, 2.24) is 4.90 Å². The van der Waals surface area contributed by atoms with E-state index in [2.05, 4.69) is 4.74 Å². The van der Waals surface area contributed by atoms with Gasteiger partial charge in [-0.15, -0.1) is 0 Å². The van der Waals surface area contributed by atoms with Gasteiger partial charge in [-0.2, -0.15) is 0 Å². The highest BCUT2D eigenvalue weighted by Gasteiger charge is 2.19. The number of carbonyl (C=O) groups is 2. The molecule has 0 bridgehead atoms. The maximum absolute atomic E-state index is 12.4. The smallest absolute Gasteiger partial charge is 0.307 e. The van der Waals surface area contributed by atoms with Crippen LogP contribution in [-0.2, 0) is 9.53 Å². The molecule has 104 valence electrons. The molecule has 0 aliphatic carbocycles. The number of benzene rings is 1. The van der Waals surface area contributed by atoms with E-state index in [0.717, 1.165) is 0 Å². The van der Waals surface area contributed by atoms with Crippen molar-refractivity contribution in [2.75, 3.05) is 13.7 Å². The summed E-state index contributed by atoms with van der Waals surface area (Å²) in [7, 11) is 1.33. The maximum Gasteiger partial charge on any atom is 0.307 e. The average molecular weight is 284 g/mol. The third-order valence-corrected chi connectivity index (χ3v) is 2.98. The fourth-order valence-corrected chi connectivity index (χ4v) is 1.89. The Hall–Kier alpha value is -1.55. The summed E-state index contributed by atoms with van der Waals surface area (Å²) in [6.45, 7) is 4.13. The highest BCUT2D eigenvalue weighted by Crippen LogP contribution is 2.14. The highest BCUT2D eigenvalue weighted by molar-refractivity contribution is 6.30. The monoisotopic (exact) mass is 283 g/mol. The van der Waals surface area contributed by atoms with E-state index in [1.165, 1.54) is 7.11 Å². The van der Waals surface area contributed by atoms with Crippen LogP contribution in [-0.4, -0.2) is 36.5 Å². The van der Waals surface area contributed by atoms with Gasteiger partial charge in [0.1, 0.15) is 0 Å². The molecule has 0 N–H and O–H groups in total. The molecule has 0 atom stereocenters. The molecule has 0 heterocycles. The van der Waals surface area contributed by atoms with Crippen molar-refractivity contribution in [3.05, 3.63) is 34.9 Å². The Morgan fingerprint density at radius 2 is 2.05 bits per heavy atom. The van der Waals surface area contributed by atoms with Crippen LogP contribution in [0.3, 0.4) is 0 Å². The van der Waals surface area contributed by atoms with E-state index in [-0.39, 0.29) is 24.3 Å². The first-order valence-corrected chi connectivity index (χ1v) is 6.47. The number of esters is 1. The van der Waals surface area contributed by atoms with E-state index < -0.39 is 0 Å². The predicted molar refractivity (Wildman–Crippen MR) is 74.3 cm³/mol. The van der Waals surface area contributed by atoms with Gasteiger partial charge in [0.05, 0.1) is 13.5 Å². The Morgan fingerprint density at radius 3 is 2.58 bits per heavy atom. The van der Waals surface area contributed by atoms with Gasteiger partial charge in [0.25, 0.3) is 5.91 Å². The van der Waals surface area contributed by atoms with Crippen molar-refractivity contribution in [2.24, 2.45) is 0 Å². The molecule has 0 aliphatic heterocycles. The van der Waals surface area contributed by atoms with Crippen LogP contribution in [0.4, 0.5) is 0 Å². The summed E-state index contributed by atoms with van der Waals surface area (Å²) in [6, 6.07) is 6.77. The largest absolute Gasteiger partial charge is 0.469 e. The molecular weight excluding hydrogens is 266 g/mol. The Kier molecular flexibility index (Phi) is 5.83. The molecule has 0 radical (unpaired) electrons. The molecule has 1 aromatic carbocycles. The number of rotatable bonds is 5. The minimum Gasteiger partial charge on any atom is -0.469 e. The Balaban J connectivity index is 2.81. The van der Waals surface area contributed by atoms with E-state index in [4.69, 9.17) is 11.6 Å². The van der Waals surface area contributed by atoms with Crippen molar-refractivity contribution in [3.8, 4) is 0 Å². The normalized spacial score (nSPS) is 10.4. The Labute approximate surface area is 118 Å². The zero-order valence-corrected chi connectivity index (χ0v) is 12.1. The van der Waals surface area contributed by atoms with E-state index in [1.807, 2.05) is 13.8 Å². The molecule has 1 rings (SSSR count). The molecule has 0 spiro atoms. The lowest BCUT2D eigenvalue weighted by Gasteiger charge is -2.26. The van der Waals surface area contributed by atoms with Gasteiger partial charge >= 0.3 is 5.97 Å². The summed E-state index contributed by atoms with van der Waals surface area (Å²) in [5.41, 5.74) is 0.520. The second-order valence-corrected chi connectivity index (χ2v) is 4.87. The van der Waals surface area contributed by atoms with Crippen molar-refractivity contribution in [3.63, 3.8) is 0 Å². The molecular formula is C14H18ClNO3. The lowest BCUT2D eigenvalue weighted by atomic mass is 10.1. The molecule has 5 heteroatoms. The third-order valence-electron chi connectivity index (χ3n) is 2.74. The Morgan fingerprint density at radius 1 is 1.37 bits per heavy atom. The molecule has 19 heavy (non-hydrogen) atoms. The summed E-state index contributed by atoms with van der Waals surface area (Å²) in [4.78, 5) is 25.2. The van der Waals surface area contributed by atoms with Crippen LogP contribution in [0.5, 0.6) is 0 Å². The van der Waals surface area contributed by atoms with E-state index in [0.29, 0.717) is 17.1 Å². The number of methoxy groups -OCH3 is 1. The van der Waals surface area contributed by atoms with Gasteiger partial charge in [-0.1, -0.05) is 17.7 Å². The first-order chi connectivity index (χ1) is 8.95. The minimum absolute atomic E-state index is 0.00358. The SMILES string of the molecule is COC(=O)CCN(C(=O)c1cccc(Cl)c1)C(C)C. The molecule has 0 saturated heterocycles. The van der Waals surface area contributed by atoms with Gasteiger partial charge in [0.15, 0.2) is 0 Å². The maximum atomic E-state index is 12.4. The van der Waals surface area contributed by atoms with Gasteiger partial charge in [0.2, 0.25) is 0 Å². The summed E-state index contributed by atoms with van der Waals surface area (Å²) in [6.07, 6.45) is 0.182. The summed E-state index contributed by atoms with van der Waals surface area (Å²) < 4.78 is 4.59. The van der Waals surface area contributed by atoms with Crippen molar-refractivity contribution in [2.45, 2.75) is 26.3 Å². The number of amides is 1. The quantitative estimate of drug-likeness (QED) is 0.781. The van der Waals surface area contributed by atoms with Crippen LogP contribution in [0.15, 0.2) is 24.3 Å². The first kappa shape index (κ1) is 15.5. The third kappa shape index (κ3) is 4.56. The fraction of sp³-hybridized carbons (Fsp3) is 0.429. The highest BCUT2D eigenvalue weighted by atomic mass is 35.5. The number of hydrogen-bond donors (Lipinski definition) is 0. The van der Waals surface area contributed by atoms with Crippen LogP contribution >= 0.6 is 11.6 Å². The van der Waals surface area contributed by atoms with E-state index in [1.54, 1.807) is 29.2 Å². The van der Waals surface area contributed by atoms with Gasteiger partial charge in [0, 0.05) is 23.2 Å². The van der Waals surface area contributed by atoms with Gasteiger partial charge in [-0.25, -0.2) is 0 Å².